The Bertz CT molecular complexity index is 6220. The predicted molar refractivity (Wildman–Crippen MR) is 614 cm³/mol. The van der Waals surface area contributed by atoms with Crippen LogP contribution in [0, 0.1) is 59.2 Å². The summed E-state index contributed by atoms with van der Waals surface area (Å²) >= 11 is 0. The number of hydrogen-bond donors (Lipinski definition) is 2. The Morgan fingerprint density at radius 3 is 0.980 bits per heavy atom. The highest BCUT2D eigenvalue weighted by Crippen LogP contribution is 2.43. The molecule has 8 aliphatic rings. The first-order valence-electron chi connectivity index (χ1n) is 56.0. The number of nitrogens with zero attached hydrogens (tertiary/aromatic N) is 6. The highest BCUT2D eigenvalue weighted by Gasteiger charge is 2.40. The molecule has 4 N–H and O–H groups in total. The molecule has 1 amide bonds. The van der Waals surface area contributed by atoms with Gasteiger partial charge in [-0.05, 0) is 441 Å². The number of aryl methyl sites for hydroxylation is 5. The van der Waals surface area contributed by atoms with Crippen molar-refractivity contribution >= 4 is 88.7 Å². The van der Waals surface area contributed by atoms with Gasteiger partial charge in [0.15, 0.2) is 49.2 Å². The van der Waals surface area contributed by atoms with Gasteiger partial charge in [-0.3, -0.25) is 4.79 Å². The van der Waals surface area contributed by atoms with Gasteiger partial charge in [0, 0.05) is 79.2 Å². The van der Waals surface area contributed by atoms with E-state index in [9.17, 15) is 46.9 Å². The normalized spacial score (nSPS) is 23.0. The number of rotatable bonds is 31. The van der Waals surface area contributed by atoms with Crippen LogP contribution in [0.15, 0.2) is 201 Å². The molecule has 0 spiro atoms. The Labute approximate surface area is 886 Å². The summed E-state index contributed by atoms with van der Waals surface area (Å²) in [6.45, 7) is 31.2. The van der Waals surface area contributed by atoms with E-state index in [0.29, 0.717) is 70.3 Å². The van der Waals surface area contributed by atoms with Crippen molar-refractivity contribution in [3.63, 3.8) is 0 Å². The molecule has 7 aromatic carbocycles. The number of para-hydroxylation sites is 2. The van der Waals surface area contributed by atoms with Gasteiger partial charge in [0.2, 0.25) is 5.91 Å². The number of anilines is 4. The number of fused-ring (bicyclic) bond motifs is 2. The number of benzene rings is 7. The summed E-state index contributed by atoms with van der Waals surface area (Å²) in [5, 5.41) is 5.52. The van der Waals surface area contributed by atoms with Crippen LogP contribution in [0.3, 0.4) is 0 Å². The molecule has 147 heavy (non-hydrogen) atoms. The lowest BCUT2D eigenvalue weighted by atomic mass is 9.80. The molecule has 3 aliphatic heterocycles. The Morgan fingerprint density at radius 1 is 0.327 bits per heavy atom. The maximum absolute atomic E-state index is 12.5. The molecule has 5 aliphatic carbocycles. The van der Waals surface area contributed by atoms with E-state index >= 15 is 0 Å². The maximum Gasteiger partial charge on any atom is 0.240 e. The van der Waals surface area contributed by atoms with Crippen molar-refractivity contribution < 1.29 is 46.9 Å². The molecule has 5 heterocycles. The van der Waals surface area contributed by atoms with Crippen LogP contribution in [0.2, 0.25) is 0 Å². The van der Waals surface area contributed by atoms with Crippen molar-refractivity contribution in [2.75, 3.05) is 69.6 Å². The van der Waals surface area contributed by atoms with Gasteiger partial charge >= 0.3 is 0 Å². The lowest BCUT2D eigenvalue weighted by molar-refractivity contribution is -0.119. The van der Waals surface area contributed by atoms with E-state index in [1.165, 1.54) is 118 Å². The summed E-state index contributed by atoms with van der Waals surface area (Å²) in [4.78, 5) is 18.5. The van der Waals surface area contributed by atoms with Crippen molar-refractivity contribution in [3.05, 3.63) is 234 Å². The zero-order valence-corrected chi connectivity index (χ0v) is 95.8. The van der Waals surface area contributed by atoms with Gasteiger partial charge in [-0.1, -0.05) is 161 Å². The minimum absolute atomic E-state index is 0.173. The maximum atomic E-state index is 12.5. The lowest BCUT2D eigenvalue weighted by Crippen LogP contribution is -2.40. The molecule has 2 atom stereocenters. The van der Waals surface area contributed by atoms with Gasteiger partial charge in [-0.2, -0.15) is 5.10 Å². The first kappa shape index (κ1) is 116. The second kappa shape index (κ2) is 51.1. The molecular formula is C123H180N8O11S5. The second-order valence-corrected chi connectivity index (χ2v) is 63.8. The topological polar surface area (TPSA) is 272 Å². The summed E-state index contributed by atoms with van der Waals surface area (Å²) < 4.78 is 126. The summed E-state index contributed by atoms with van der Waals surface area (Å²) in [7, 11) is -15.0. The van der Waals surface area contributed by atoms with Crippen LogP contribution in [0.25, 0.3) is 22.3 Å². The third-order valence-corrected chi connectivity index (χ3v) is 47.9. The molecule has 17 rings (SSSR count). The van der Waals surface area contributed by atoms with E-state index in [1.807, 2.05) is 100 Å². The van der Waals surface area contributed by atoms with E-state index in [4.69, 9.17) is 11.5 Å². The number of amides is 1. The average Bonchev–Trinajstić information content (AvgIpc) is 1.70. The van der Waals surface area contributed by atoms with Crippen molar-refractivity contribution in [1.29, 1.82) is 0 Å². The third kappa shape index (κ3) is 33.2. The monoisotopic (exact) mass is 2110 g/mol. The Hall–Kier alpha value is -8.13. The number of aromatic nitrogens is 3. The van der Waals surface area contributed by atoms with Crippen LogP contribution in [0.5, 0.6) is 0 Å². The smallest absolute Gasteiger partial charge is 0.240 e. The molecular weight excluding hydrogens is 1930 g/mol. The van der Waals surface area contributed by atoms with E-state index < -0.39 is 72.9 Å². The zero-order chi connectivity index (χ0) is 106. The van der Waals surface area contributed by atoms with Gasteiger partial charge in [-0.25, -0.2) is 46.8 Å². The minimum atomic E-state index is -3.02. The molecule has 808 valence electrons. The quantitative estimate of drug-likeness (QED) is 0.0409. The summed E-state index contributed by atoms with van der Waals surface area (Å²) in [6.07, 6.45) is 43.5. The number of nitrogens with two attached hydrogens (primary N) is 2. The first-order valence-corrected chi connectivity index (χ1v) is 64.2. The molecule has 5 saturated carbocycles. The number of sulfone groups is 5. The van der Waals surface area contributed by atoms with Crippen molar-refractivity contribution in [3.8, 4) is 11.4 Å². The van der Waals surface area contributed by atoms with Crippen LogP contribution in [-0.4, -0.2) is 153 Å². The fourth-order valence-electron chi connectivity index (χ4n) is 23.0. The Kier molecular flexibility index (Phi) is 40.3. The first-order chi connectivity index (χ1) is 69.4. The van der Waals surface area contributed by atoms with Crippen LogP contribution in [0.1, 0.15) is 317 Å². The summed E-state index contributed by atoms with van der Waals surface area (Å²) in [5.74, 6) is 6.89. The van der Waals surface area contributed by atoms with Gasteiger partial charge in [0.25, 0.3) is 0 Å². The van der Waals surface area contributed by atoms with E-state index in [2.05, 4.69) is 206 Å². The highest BCUT2D eigenvalue weighted by molar-refractivity contribution is 7.93. The van der Waals surface area contributed by atoms with Crippen LogP contribution in [0.4, 0.5) is 22.7 Å². The van der Waals surface area contributed by atoms with E-state index in [0.717, 1.165) is 228 Å². The summed E-state index contributed by atoms with van der Waals surface area (Å²) in [6, 6.07) is 65.7. The SMILES string of the molecule is CC(C)(C)S(=O)(=O)CC1CCC(CCc2ccc(-n3ccc4ccccc43)cc2)CC1.CC(C)(C)S(=O)(=O)CC1CCC(CCc2ccc(-n3cccn3)cc2)CC1.CC(C)(C)S(=O)(=O)CC1CCC(CCc2ccc(N3CCC(N)C3)cc2)CC1.CC(C)(C)S(=O)(=O)CC1CCC(CCc2ccc(N3CCC[C@H]3C(N)=O)cc2)CC1.CC(C)(C)S(=O)(=O)CC1CCC(CCc2ccc(N3CCc4ccccc43)cc2)CC1. The predicted octanol–water partition coefficient (Wildman–Crippen LogP) is 26.0. The van der Waals surface area contributed by atoms with Gasteiger partial charge in [-0.15, -0.1) is 0 Å². The van der Waals surface area contributed by atoms with E-state index in [1.54, 1.807) is 27.0 Å². The highest BCUT2D eigenvalue weighted by atomic mass is 32.2. The Morgan fingerprint density at radius 2 is 0.646 bits per heavy atom. The zero-order valence-electron chi connectivity index (χ0n) is 91.8. The molecule has 1 unspecified atom stereocenters. The van der Waals surface area contributed by atoms with E-state index in [-0.39, 0.29) is 11.9 Å². The molecule has 24 heteroatoms. The average molecular weight is 2110 g/mol. The summed E-state index contributed by atoms with van der Waals surface area (Å²) in [5.41, 5.74) is 28.4. The molecule has 7 fully saturated rings. The largest absolute Gasteiger partial charge is 0.370 e. The number of primary amides is 1. The van der Waals surface area contributed by atoms with Crippen LogP contribution >= 0.6 is 0 Å². The minimum Gasteiger partial charge on any atom is -0.370 e. The van der Waals surface area contributed by atoms with Gasteiger partial charge in [0.05, 0.1) is 63.7 Å². The number of carbonyl (C=O) groups is 1. The fraction of sp³-hybridized carbons (Fsp3) is 0.610. The van der Waals surface area contributed by atoms with Gasteiger partial charge < -0.3 is 30.7 Å². The van der Waals surface area contributed by atoms with Crippen molar-refractivity contribution in [2.24, 2.45) is 70.6 Å². The molecule has 19 nitrogen and oxygen atoms in total. The molecule has 0 bridgehead atoms. The molecule has 0 radical (unpaired) electrons. The number of hydrogen-bond acceptors (Lipinski definition) is 16. The van der Waals surface area contributed by atoms with Crippen LogP contribution in [-0.2, 0) is 92.5 Å². The third-order valence-electron chi connectivity index (χ3n) is 34.0. The van der Waals surface area contributed by atoms with Crippen molar-refractivity contribution in [1.82, 2.24) is 14.3 Å². The standard InChI is InChI=1S/C27H37NO2S.C27H35NO2S.C24H38N2O3S.C23H38N2O2S.C22H32N2O2S/c2*1-27(2,3)31(29,30)20-23-12-10-21(11-13-23)8-9-22-14-16-25(17-15-22)28-19-18-24-6-4-5-7-26(24)28;1-24(2,3)30(28,29)17-20-10-8-18(9-11-20)6-7-19-12-14-21(15-13-19)26-16-4-5-22(26)23(25)27;1-23(2,3)28(26,27)17-20-8-6-18(7-9-20)4-5-19-10-12-22(13-11-19)25-15-14-21(24)16-25;1-22(2,3)27(25,26)17-20-9-7-18(8-10-20)5-6-19-11-13-21(14-12-19)24-16-4-15-23-24/h4-7,14-17,21,23H,8-13,18-20H2,1-3H3;4-7,14-19,21,23H,8-13,20H2,1-3H3;12-15,18,20,22H,4-11,16-17H2,1-3H3,(H2,25,27);10-13,18,20-21H,4-9,14-17,24H2,1-3H3;4,11-16,18,20H,5-10,17H2,1-3H3/t;;18?,20?,22-;;/m..0../s1. The number of carbonyl (C=O) groups excluding carboxylic acids is 1. The molecule has 9 aromatic rings. The molecule has 2 saturated heterocycles. The Balaban J connectivity index is 0.000000154. The second-order valence-electron chi connectivity index (χ2n) is 49.9. The van der Waals surface area contributed by atoms with Gasteiger partial charge in [0.1, 0.15) is 6.04 Å². The lowest BCUT2D eigenvalue weighted by Gasteiger charge is -2.30. The fourth-order valence-corrected chi connectivity index (χ4v) is 30.3. The van der Waals surface area contributed by atoms with Crippen LogP contribution < -0.4 is 26.2 Å². The molecule has 2 aromatic heterocycles. The van der Waals surface area contributed by atoms with Crippen molar-refractivity contribution in [2.45, 2.75) is 358 Å².